The number of amides is 1. The Balaban J connectivity index is 1.49. The molecule has 0 spiro atoms. The van der Waals surface area contributed by atoms with Gasteiger partial charge in [0, 0.05) is 10.9 Å². The van der Waals surface area contributed by atoms with E-state index in [0.717, 1.165) is 5.39 Å². The number of benzene rings is 2. The highest BCUT2D eigenvalue weighted by molar-refractivity contribution is 6.42. The van der Waals surface area contributed by atoms with Gasteiger partial charge in [0.1, 0.15) is 12.1 Å². The summed E-state index contributed by atoms with van der Waals surface area (Å²) in [5.41, 5.74) is 0.816. The van der Waals surface area contributed by atoms with E-state index in [4.69, 9.17) is 32.4 Å². The molecule has 1 heterocycles. The van der Waals surface area contributed by atoms with Crippen molar-refractivity contribution in [1.82, 2.24) is 5.32 Å². The second-order valence-corrected chi connectivity index (χ2v) is 6.36. The normalized spacial score (nSPS) is 10.6. The Morgan fingerprint density at radius 1 is 1.00 bits per heavy atom. The molecule has 0 bridgehead atoms. The smallest absolute Gasteiger partial charge is 0.325 e. The Bertz CT molecular complexity index is 995. The lowest BCUT2D eigenvalue weighted by Crippen LogP contribution is -2.31. The van der Waals surface area contributed by atoms with Crippen LogP contribution in [-0.2, 0) is 9.53 Å². The summed E-state index contributed by atoms with van der Waals surface area (Å²) >= 11 is 11.6. The highest BCUT2D eigenvalue weighted by atomic mass is 35.5. The minimum atomic E-state index is -0.757. The number of esters is 1. The van der Waals surface area contributed by atoms with Crippen molar-refractivity contribution in [3.8, 4) is 0 Å². The monoisotopic (exact) mass is 405 g/mol. The number of hydrogen-bond donors (Lipinski definition) is 1. The van der Waals surface area contributed by atoms with Gasteiger partial charge in [0.25, 0.3) is 5.91 Å². The molecular weight excluding hydrogens is 393 g/mol. The van der Waals surface area contributed by atoms with Crippen molar-refractivity contribution in [1.29, 1.82) is 0 Å². The van der Waals surface area contributed by atoms with Crippen molar-refractivity contribution in [3.63, 3.8) is 0 Å². The van der Waals surface area contributed by atoms with Crippen molar-refractivity contribution in [3.05, 3.63) is 69.9 Å². The Morgan fingerprint density at radius 2 is 1.78 bits per heavy atom. The van der Waals surface area contributed by atoms with Gasteiger partial charge in [0.05, 0.1) is 10.0 Å². The van der Waals surface area contributed by atoms with Crippen LogP contribution >= 0.6 is 23.2 Å². The second-order valence-electron chi connectivity index (χ2n) is 5.54. The maximum atomic E-state index is 12.1. The van der Waals surface area contributed by atoms with E-state index >= 15 is 0 Å². The number of ketones is 1. The fraction of sp³-hybridized carbons (Fsp3) is 0.105. The maximum Gasteiger partial charge on any atom is 0.325 e. The molecule has 1 aromatic heterocycles. The molecule has 0 atom stereocenters. The number of para-hydroxylation sites is 1. The van der Waals surface area contributed by atoms with Crippen molar-refractivity contribution >= 4 is 51.8 Å². The summed E-state index contributed by atoms with van der Waals surface area (Å²) in [6, 6.07) is 13.1. The Labute approximate surface area is 164 Å². The van der Waals surface area contributed by atoms with Gasteiger partial charge in [0.15, 0.2) is 12.4 Å². The van der Waals surface area contributed by atoms with E-state index in [2.05, 4.69) is 5.32 Å². The van der Waals surface area contributed by atoms with Crippen LogP contribution < -0.4 is 5.32 Å². The lowest BCUT2D eigenvalue weighted by Gasteiger charge is -2.06. The Kier molecular flexibility index (Phi) is 5.78. The van der Waals surface area contributed by atoms with Crippen LogP contribution in [0.2, 0.25) is 10.0 Å². The first-order valence-electron chi connectivity index (χ1n) is 7.84. The fourth-order valence-corrected chi connectivity index (χ4v) is 2.58. The lowest BCUT2D eigenvalue weighted by atomic mass is 10.2. The number of carbonyl (C=O) groups excluding carboxylic acids is 3. The standard InChI is InChI=1S/C19H13Cl2NO5/c20-13-6-5-12(7-14(13)21)19(25)22-9-18(24)26-10-15(23)17-8-11-3-1-2-4-16(11)27-17/h1-8H,9-10H2,(H,22,25). The minimum absolute atomic E-state index is 0.101. The van der Waals surface area contributed by atoms with Crippen molar-refractivity contribution < 1.29 is 23.5 Å². The number of Topliss-reactive ketones (excluding diaryl/α,β-unsaturated/α-hetero) is 1. The first-order valence-corrected chi connectivity index (χ1v) is 8.60. The molecule has 8 heteroatoms. The van der Waals surface area contributed by atoms with E-state index in [1.807, 2.05) is 6.07 Å². The Morgan fingerprint density at radius 3 is 2.52 bits per heavy atom. The largest absolute Gasteiger partial charge is 0.456 e. The van der Waals surface area contributed by atoms with Crippen molar-refractivity contribution in [2.75, 3.05) is 13.2 Å². The molecule has 0 aliphatic heterocycles. The zero-order chi connectivity index (χ0) is 19.4. The molecular formula is C19H13Cl2NO5. The van der Waals surface area contributed by atoms with Gasteiger partial charge >= 0.3 is 5.97 Å². The molecule has 3 rings (SSSR count). The van der Waals surface area contributed by atoms with Gasteiger partial charge in [-0.1, -0.05) is 41.4 Å². The zero-order valence-corrected chi connectivity index (χ0v) is 15.3. The number of rotatable bonds is 6. The molecule has 2 aromatic carbocycles. The molecule has 0 aliphatic rings. The summed E-state index contributed by atoms with van der Waals surface area (Å²) in [6.45, 7) is -0.881. The van der Waals surface area contributed by atoms with E-state index in [0.29, 0.717) is 10.6 Å². The SMILES string of the molecule is O=C(CNC(=O)c1ccc(Cl)c(Cl)c1)OCC(=O)c1cc2ccccc2o1. The number of carbonyl (C=O) groups is 3. The third kappa shape index (κ3) is 4.67. The number of halogens is 2. The highest BCUT2D eigenvalue weighted by Crippen LogP contribution is 2.22. The molecule has 0 aliphatic carbocycles. The van der Waals surface area contributed by atoms with Gasteiger partial charge in [-0.3, -0.25) is 14.4 Å². The van der Waals surface area contributed by atoms with E-state index < -0.39 is 30.8 Å². The van der Waals surface area contributed by atoms with Crippen LogP contribution in [0.5, 0.6) is 0 Å². The van der Waals surface area contributed by atoms with Crippen LogP contribution in [0.1, 0.15) is 20.9 Å². The predicted molar refractivity (Wildman–Crippen MR) is 100 cm³/mol. The molecule has 0 radical (unpaired) electrons. The van der Waals surface area contributed by atoms with E-state index in [9.17, 15) is 14.4 Å². The number of hydrogen-bond acceptors (Lipinski definition) is 5. The van der Waals surface area contributed by atoms with Gasteiger partial charge in [-0.2, -0.15) is 0 Å². The molecule has 0 fully saturated rings. The quantitative estimate of drug-likeness (QED) is 0.496. The molecule has 0 saturated carbocycles. The van der Waals surface area contributed by atoms with Gasteiger partial charge in [0.2, 0.25) is 5.78 Å². The molecule has 1 amide bonds. The summed E-state index contributed by atoms with van der Waals surface area (Å²) in [6.07, 6.45) is 0. The van der Waals surface area contributed by atoms with Crippen molar-refractivity contribution in [2.45, 2.75) is 0 Å². The summed E-state index contributed by atoms with van der Waals surface area (Å²) < 4.78 is 10.3. The van der Waals surface area contributed by atoms with Crippen molar-refractivity contribution in [2.24, 2.45) is 0 Å². The average molecular weight is 406 g/mol. The molecule has 138 valence electrons. The minimum Gasteiger partial charge on any atom is -0.456 e. The van der Waals surface area contributed by atoms with E-state index in [1.165, 1.54) is 18.2 Å². The third-order valence-corrected chi connectivity index (χ3v) is 4.38. The van der Waals surface area contributed by atoms with Gasteiger partial charge < -0.3 is 14.5 Å². The second kappa shape index (κ2) is 8.24. The van der Waals surface area contributed by atoms with Gasteiger partial charge in [-0.15, -0.1) is 0 Å². The molecule has 1 N–H and O–H groups in total. The van der Waals surface area contributed by atoms with Gasteiger partial charge in [-0.05, 0) is 30.3 Å². The highest BCUT2D eigenvalue weighted by Gasteiger charge is 2.16. The van der Waals surface area contributed by atoms with Crippen LogP contribution in [0, 0.1) is 0 Å². The number of fused-ring (bicyclic) bond motifs is 1. The first-order chi connectivity index (χ1) is 12.9. The summed E-state index contributed by atoms with van der Waals surface area (Å²) in [4.78, 5) is 35.8. The maximum absolute atomic E-state index is 12.1. The van der Waals surface area contributed by atoms with Crippen LogP contribution in [0.25, 0.3) is 11.0 Å². The zero-order valence-electron chi connectivity index (χ0n) is 13.8. The van der Waals surface area contributed by atoms with E-state index in [1.54, 1.807) is 24.3 Å². The molecule has 0 unspecified atom stereocenters. The summed E-state index contributed by atoms with van der Waals surface area (Å²) in [5.74, 6) is -1.65. The summed E-state index contributed by atoms with van der Waals surface area (Å²) in [5, 5.41) is 3.70. The average Bonchev–Trinajstić information content (AvgIpc) is 3.10. The van der Waals surface area contributed by atoms with Crippen LogP contribution in [0.15, 0.2) is 52.9 Å². The lowest BCUT2D eigenvalue weighted by molar-refractivity contribution is -0.141. The molecule has 6 nitrogen and oxygen atoms in total. The van der Waals surface area contributed by atoms with Crippen LogP contribution in [-0.4, -0.2) is 30.8 Å². The van der Waals surface area contributed by atoms with E-state index in [-0.39, 0.29) is 16.3 Å². The number of ether oxygens (including phenoxy) is 1. The molecule has 0 saturated heterocycles. The Hall–Kier alpha value is -2.83. The summed E-state index contributed by atoms with van der Waals surface area (Å²) in [7, 11) is 0. The fourth-order valence-electron chi connectivity index (χ4n) is 2.28. The first kappa shape index (κ1) is 18.9. The topological polar surface area (TPSA) is 85.6 Å². The number of furan rings is 1. The predicted octanol–water partition coefficient (Wildman–Crippen LogP) is 3.90. The third-order valence-electron chi connectivity index (χ3n) is 3.64. The van der Waals surface area contributed by atoms with Crippen LogP contribution in [0.4, 0.5) is 0 Å². The van der Waals surface area contributed by atoms with Gasteiger partial charge in [-0.25, -0.2) is 0 Å². The van der Waals surface area contributed by atoms with Crippen LogP contribution in [0.3, 0.4) is 0 Å². The molecule has 3 aromatic rings. The number of nitrogens with one attached hydrogen (secondary N) is 1. The molecule has 27 heavy (non-hydrogen) atoms.